The van der Waals surface area contributed by atoms with Gasteiger partial charge in [0, 0.05) is 26.2 Å². The average molecular weight is 330 g/mol. The molecule has 0 saturated heterocycles. The fraction of sp³-hybridized carbons (Fsp3) is 0.562. The molecule has 7 heteroatoms. The largest absolute Gasteiger partial charge is 0.490 e. The van der Waals surface area contributed by atoms with E-state index >= 15 is 0 Å². The maximum Gasteiger partial charge on any atom is 0.312 e. The van der Waals surface area contributed by atoms with Crippen molar-refractivity contribution >= 4 is 6.03 Å². The number of rotatable bonds is 9. The van der Waals surface area contributed by atoms with Crippen LogP contribution in [0.25, 0.3) is 0 Å². The second-order valence-electron chi connectivity index (χ2n) is 5.65. The van der Waals surface area contributed by atoms with E-state index < -0.39 is 17.7 Å². The normalized spacial score (nSPS) is 12.3. The summed E-state index contributed by atoms with van der Waals surface area (Å²) in [4.78, 5) is 11.0. The van der Waals surface area contributed by atoms with Crippen molar-refractivity contribution in [1.82, 2.24) is 5.32 Å². The van der Waals surface area contributed by atoms with Crippen molar-refractivity contribution in [3.8, 4) is 5.75 Å². The van der Waals surface area contributed by atoms with Gasteiger partial charge in [0.2, 0.25) is 5.82 Å². The first-order valence-corrected chi connectivity index (χ1v) is 7.50. The van der Waals surface area contributed by atoms with Crippen molar-refractivity contribution in [2.45, 2.75) is 32.7 Å². The van der Waals surface area contributed by atoms with E-state index in [1.165, 1.54) is 6.07 Å². The summed E-state index contributed by atoms with van der Waals surface area (Å²) >= 11 is 0. The van der Waals surface area contributed by atoms with Gasteiger partial charge in [0.15, 0.2) is 11.6 Å². The summed E-state index contributed by atoms with van der Waals surface area (Å²) < 4.78 is 37.7. The zero-order valence-electron chi connectivity index (χ0n) is 13.7. The van der Waals surface area contributed by atoms with Gasteiger partial charge >= 0.3 is 6.03 Å². The van der Waals surface area contributed by atoms with Crippen LogP contribution in [0.1, 0.15) is 25.8 Å². The smallest absolute Gasteiger partial charge is 0.312 e. The zero-order chi connectivity index (χ0) is 17.4. The highest BCUT2D eigenvalue weighted by Gasteiger charge is 2.18. The molecule has 0 radical (unpaired) electrons. The number of nitrogens with one attached hydrogen (secondary N) is 1. The maximum absolute atomic E-state index is 13.8. The molecule has 0 saturated carbocycles. The number of methoxy groups -OCH3 is 1. The molecule has 130 valence electrons. The van der Waals surface area contributed by atoms with E-state index in [2.05, 4.69) is 5.32 Å². The van der Waals surface area contributed by atoms with Crippen LogP contribution in [0.4, 0.5) is 13.6 Å². The number of hydrogen-bond donors (Lipinski definition) is 2. The van der Waals surface area contributed by atoms with Crippen LogP contribution in [0.2, 0.25) is 0 Å². The summed E-state index contributed by atoms with van der Waals surface area (Å²) in [5.74, 6) is -2.06. The summed E-state index contributed by atoms with van der Waals surface area (Å²) in [5.41, 5.74) is 5.67. The molecule has 0 aliphatic rings. The molecule has 0 bridgehead atoms. The van der Waals surface area contributed by atoms with Crippen LogP contribution in [-0.4, -0.2) is 32.4 Å². The van der Waals surface area contributed by atoms with Crippen LogP contribution in [0, 0.1) is 17.6 Å². The number of hydrogen-bond acceptors (Lipinski definition) is 3. The number of carbonyl (C=O) groups excluding carboxylic acids is 1. The second kappa shape index (κ2) is 9.29. The molecule has 23 heavy (non-hydrogen) atoms. The standard InChI is InChI=1S/C16H24F2N2O3/c1-10(2)13(20-16(19)21)8-11-7-12(17)15(18)14(9-11)23-6-4-5-22-3/h7,9-10,13H,4-6,8H2,1-3H3,(H3,19,20,21). The molecule has 5 nitrogen and oxygen atoms in total. The van der Waals surface area contributed by atoms with Gasteiger partial charge in [-0.3, -0.25) is 0 Å². The SMILES string of the molecule is COCCCOc1cc(CC(NC(N)=O)C(C)C)cc(F)c1F. The minimum absolute atomic E-state index is 0.0849. The van der Waals surface area contributed by atoms with Crippen molar-refractivity contribution in [3.05, 3.63) is 29.3 Å². The lowest BCUT2D eigenvalue weighted by Gasteiger charge is -2.22. The minimum atomic E-state index is -1.02. The first-order valence-electron chi connectivity index (χ1n) is 7.50. The molecule has 0 aliphatic carbocycles. The van der Waals surface area contributed by atoms with Gasteiger partial charge in [-0.2, -0.15) is 4.39 Å². The van der Waals surface area contributed by atoms with Crippen molar-refractivity contribution in [2.24, 2.45) is 11.7 Å². The molecule has 0 aliphatic heterocycles. The van der Waals surface area contributed by atoms with Crippen LogP contribution in [0.5, 0.6) is 5.75 Å². The molecular weight excluding hydrogens is 306 g/mol. The van der Waals surface area contributed by atoms with Crippen molar-refractivity contribution in [3.63, 3.8) is 0 Å². The van der Waals surface area contributed by atoms with Crippen LogP contribution in [0.15, 0.2) is 12.1 Å². The number of urea groups is 1. The average Bonchev–Trinajstić information content (AvgIpc) is 2.47. The predicted molar refractivity (Wildman–Crippen MR) is 83.4 cm³/mol. The Labute approximate surface area is 135 Å². The number of benzene rings is 1. The maximum atomic E-state index is 13.8. The van der Waals surface area contributed by atoms with E-state index in [9.17, 15) is 13.6 Å². The first-order chi connectivity index (χ1) is 10.8. The lowest BCUT2D eigenvalue weighted by Crippen LogP contribution is -2.43. The third kappa shape index (κ3) is 6.40. The Morgan fingerprint density at radius 2 is 2.00 bits per heavy atom. The van der Waals surface area contributed by atoms with Crippen LogP contribution < -0.4 is 15.8 Å². The number of carbonyl (C=O) groups is 1. The summed E-state index contributed by atoms with van der Waals surface area (Å²) in [6.07, 6.45) is 0.895. The number of nitrogens with two attached hydrogens (primary N) is 1. The molecule has 1 aromatic carbocycles. The molecule has 0 aromatic heterocycles. The Balaban J connectivity index is 2.85. The Morgan fingerprint density at radius 1 is 1.30 bits per heavy atom. The van der Waals surface area contributed by atoms with Gasteiger partial charge in [-0.15, -0.1) is 0 Å². The van der Waals surface area contributed by atoms with Gasteiger partial charge in [0.05, 0.1) is 6.61 Å². The van der Waals surface area contributed by atoms with Gasteiger partial charge in [-0.25, -0.2) is 9.18 Å². The third-order valence-electron chi connectivity index (χ3n) is 3.39. The first kappa shape index (κ1) is 19.2. The Kier molecular flexibility index (Phi) is 7.74. The number of amides is 2. The van der Waals surface area contributed by atoms with E-state index in [4.69, 9.17) is 15.2 Å². The topological polar surface area (TPSA) is 73.6 Å². The number of primary amides is 1. The van der Waals surface area contributed by atoms with Crippen LogP contribution >= 0.6 is 0 Å². The molecule has 1 aromatic rings. The third-order valence-corrected chi connectivity index (χ3v) is 3.39. The fourth-order valence-electron chi connectivity index (χ4n) is 2.12. The van der Waals surface area contributed by atoms with Gasteiger partial charge in [-0.05, 0) is 30.0 Å². The Hall–Kier alpha value is -1.89. The molecule has 0 fully saturated rings. The molecule has 1 atom stereocenters. The zero-order valence-corrected chi connectivity index (χ0v) is 13.7. The van der Waals surface area contributed by atoms with Crippen molar-refractivity contribution < 1.29 is 23.0 Å². The minimum Gasteiger partial charge on any atom is -0.490 e. The Morgan fingerprint density at radius 3 is 2.57 bits per heavy atom. The number of halogens is 2. The molecule has 3 N–H and O–H groups in total. The van der Waals surface area contributed by atoms with Gasteiger partial charge in [-0.1, -0.05) is 13.8 Å². The van der Waals surface area contributed by atoms with E-state index in [1.807, 2.05) is 13.8 Å². The highest BCUT2D eigenvalue weighted by Crippen LogP contribution is 2.24. The van der Waals surface area contributed by atoms with Crippen molar-refractivity contribution in [2.75, 3.05) is 20.3 Å². The summed E-state index contributed by atoms with van der Waals surface area (Å²) in [7, 11) is 1.55. The van der Waals surface area contributed by atoms with E-state index in [0.717, 1.165) is 6.07 Å². The lowest BCUT2D eigenvalue weighted by molar-refractivity contribution is 0.170. The Bertz CT molecular complexity index is 524. The summed E-state index contributed by atoms with van der Waals surface area (Å²) in [6, 6.07) is 1.62. The lowest BCUT2D eigenvalue weighted by atomic mass is 9.96. The highest BCUT2D eigenvalue weighted by molar-refractivity contribution is 5.72. The molecular formula is C16H24F2N2O3. The van der Waals surface area contributed by atoms with E-state index in [1.54, 1.807) is 7.11 Å². The summed E-state index contributed by atoms with van der Waals surface area (Å²) in [6.45, 7) is 4.51. The molecule has 0 spiro atoms. The molecule has 0 heterocycles. The molecule has 1 rings (SSSR count). The van der Waals surface area contributed by atoms with Gasteiger partial charge in [0.1, 0.15) is 0 Å². The van der Waals surface area contributed by atoms with Crippen molar-refractivity contribution in [1.29, 1.82) is 0 Å². The quantitative estimate of drug-likeness (QED) is 0.684. The predicted octanol–water partition coefficient (Wildman–Crippen LogP) is 2.62. The van der Waals surface area contributed by atoms with E-state index in [0.29, 0.717) is 25.0 Å². The van der Waals surface area contributed by atoms with E-state index in [-0.39, 0.29) is 24.3 Å². The monoisotopic (exact) mass is 330 g/mol. The van der Waals surface area contributed by atoms with Gasteiger partial charge in [0.25, 0.3) is 0 Å². The molecule has 1 unspecified atom stereocenters. The van der Waals surface area contributed by atoms with Crippen LogP contribution in [-0.2, 0) is 11.2 Å². The number of ether oxygens (including phenoxy) is 2. The second-order valence-corrected chi connectivity index (χ2v) is 5.65. The fourth-order valence-corrected chi connectivity index (χ4v) is 2.12. The molecule has 2 amide bonds. The summed E-state index contributed by atoms with van der Waals surface area (Å²) in [5, 5.41) is 2.61. The highest BCUT2D eigenvalue weighted by atomic mass is 19.2. The van der Waals surface area contributed by atoms with Crippen LogP contribution in [0.3, 0.4) is 0 Å². The van der Waals surface area contributed by atoms with Gasteiger partial charge < -0.3 is 20.5 Å².